The van der Waals surface area contributed by atoms with Gasteiger partial charge in [0.1, 0.15) is 0 Å². The van der Waals surface area contributed by atoms with Gasteiger partial charge in [0, 0.05) is 31.2 Å². The van der Waals surface area contributed by atoms with Crippen LogP contribution in [0.15, 0.2) is 0 Å². The van der Waals surface area contributed by atoms with Crippen LogP contribution in [0.1, 0.15) is 33.6 Å². The SMILES string of the molecule is CCN(CCCN(C)C)CC1(CNC(C)C)CCOC1. The second kappa shape index (κ2) is 8.98. The van der Waals surface area contributed by atoms with Crippen LogP contribution in [-0.2, 0) is 4.74 Å². The second-order valence-electron chi connectivity index (χ2n) is 6.86. The van der Waals surface area contributed by atoms with Crippen LogP contribution >= 0.6 is 0 Å². The van der Waals surface area contributed by atoms with Crippen molar-refractivity contribution in [3.63, 3.8) is 0 Å². The number of hydrogen-bond donors (Lipinski definition) is 1. The molecule has 0 aliphatic carbocycles. The minimum absolute atomic E-state index is 0.318. The molecule has 1 saturated heterocycles. The lowest BCUT2D eigenvalue weighted by molar-refractivity contribution is 0.107. The molecule has 0 saturated carbocycles. The van der Waals surface area contributed by atoms with E-state index in [2.05, 4.69) is 50.0 Å². The number of nitrogens with one attached hydrogen (secondary N) is 1. The van der Waals surface area contributed by atoms with Gasteiger partial charge < -0.3 is 19.9 Å². The molecule has 1 N–H and O–H groups in total. The zero-order valence-corrected chi connectivity index (χ0v) is 14.2. The third-order valence-corrected chi connectivity index (χ3v) is 4.16. The first-order chi connectivity index (χ1) is 9.47. The Morgan fingerprint density at radius 2 is 2.00 bits per heavy atom. The molecule has 1 aliphatic heterocycles. The van der Waals surface area contributed by atoms with E-state index in [4.69, 9.17) is 4.74 Å². The summed E-state index contributed by atoms with van der Waals surface area (Å²) in [5.41, 5.74) is 0.318. The summed E-state index contributed by atoms with van der Waals surface area (Å²) in [7, 11) is 4.30. The molecule has 20 heavy (non-hydrogen) atoms. The quantitative estimate of drug-likeness (QED) is 0.661. The minimum atomic E-state index is 0.318. The van der Waals surface area contributed by atoms with Crippen molar-refractivity contribution in [1.82, 2.24) is 15.1 Å². The molecule has 1 rings (SSSR count). The number of nitrogens with zero attached hydrogens (tertiary/aromatic N) is 2. The van der Waals surface area contributed by atoms with Crippen LogP contribution in [0, 0.1) is 5.41 Å². The largest absolute Gasteiger partial charge is 0.381 e. The Hall–Kier alpha value is -0.160. The Labute approximate surface area is 125 Å². The summed E-state index contributed by atoms with van der Waals surface area (Å²) in [4.78, 5) is 4.86. The van der Waals surface area contributed by atoms with Gasteiger partial charge in [-0.1, -0.05) is 20.8 Å². The highest BCUT2D eigenvalue weighted by Crippen LogP contribution is 2.29. The van der Waals surface area contributed by atoms with E-state index in [0.717, 1.165) is 32.8 Å². The van der Waals surface area contributed by atoms with Crippen molar-refractivity contribution in [1.29, 1.82) is 0 Å². The Morgan fingerprint density at radius 3 is 2.50 bits per heavy atom. The average Bonchev–Trinajstić information content (AvgIpc) is 2.84. The lowest BCUT2D eigenvalue weighted by Crippen LogP contribution is -2.46. The molecule has 0 aromatic rings. The number of hydrogen-bond acceptors (Lipinski definition) is 4. The summed E-state index contributed by atoms with van der Waals surface area (Å²) in [6, 6.07) is 0.552. The zero-order valence-electron chi connectivity index (χ0n) is 14.2. The van der Waals surface area contributed by atoms with E-state index >= 15 is 0 Å². The molecule has 0 spiro atoms. The molecular weight excluding hydrogens is 250 g/mol. The van der Waals surface area contributed by atoms with Crippen molar-refractivity contribution in [2.75, 3.05) is 60.0 Å². The second-order valence-corrected chi connectivity index (χ2v) is 6.86. The van der Waals surface area contributed by atoms with Crippen LogP contribution in [0.4, 0.5) is 0 Å². The Morgan fingerprint density at radius 1 is 1.25 bits per heavy atom. The summed E-state index contributed by atoms with van der Waals surface area (Å²) in [6.45, 7) is 14.3. The molecule has 4 heteroatoms. The van der Waals surface area contributed by atoms with Crippen molar-refractivity contribution in [2.24, 2.45) is 5.41 Å². The van der Waals surface area contributed by atoms with Gasteiger partial charge in [-0.2, -0.15) is 0 Å². The monoisotopic (exact) mass is 285 g/mol. The van der Waals surface area contributed by atoms with Crippen LogP contribution in [0.25, 0.3) is 0 Å². The van der Waals surface area contributed by atoms with Crippen LogP contribution < -0.4 is 5.32 Å². The van der Waals surface area contributed by atoms with Crippen LogP contribution in [0.5, 0.6) is 0 Å². The summed E-state index contributed by atoms with van der Waals surface area (Å²) in [6.07, 6.45) is 2.44. The van der Waals surface area contributed by atoms with Gasteiger partial charge >= 0.3 is 0 Å². The fourth-order valence-electron chi connectivity index (χ4n) is 2.82. The summed E-state index contributed by atoms with van der Waals surface area (Å²) >= 11 is 0. The molecule has 1 fully saturated rings. The maximum absolute atomic E-state index is 5.71. The summed E-state index contributed by atoms with van der Waals surface area (Å²) < 4.78 is 5.71. The maximum Gasteiger partial charge on any atom is 0.0547 e. The fraction of sp³-hybridized carbons (Fsp3) is 1.00. The first kappa shape index (κ1) is 17.9. The Bertz CT molecular complexity index is 250. The van der Waals surface area contributed by atoms with Crippen molar-refractivity contribution in [3.8, 4) is 0 Å². The van der Waals surface area contributed by atoms with E-state index in [1.54, 1.807) is 0 Å². The highest BCUT2D eigenvalue weighted by atomic mass is 16.5. The maximum atomic E-state index is 5.71. The van der Waals surface area contributed by atoms with Gasteiger partial charge in [-0.05, 0) is 46.6 Å². The van der Waals surface area contributed by atoms with Crippen LogP contribution in [0.2, 0.25) is 0 Å². The van der Waals surface area contributed by atoms with Gasteiger partial charge in [0.2, 0.25) is 0 Å². The summed E-state index contributed by atoms with van der Waals surface area (Å²) in [5, 5.41) is 3.62. The van der Waals surface area contributed by atoms with E-state index in [1.807, 2.05) is 0 Å². The lowest BCUT2D eigenvalue weighted by Gasteiger charge is -2.35. The molecule has 0 aromatic carbocycles. The number of rotatable bonds is 10. The highest BCUT2D eigenvalue weighted by Gasteiger charge is 2.36. The van der Waals surface area contributed by atoms with Crippen molar-refractivity contribution in [2.45, 2.75) is 39.7 Å². The molecule has 1 atom stereocenters. The van der Waals surface area contributed by atoms with Gasteiger partial charge in [-0.3, -0.25) is 0 Å². The topological polar surface area (TPSA) is 27.7 Å². The zero-order chi connectivity index (χ0) is 15.0. The molecule has 120 valence electrons. The standard InChI is InChI=1S/C16H35N3O/c1-6-19(10-7-9-18(4)5)13-16(8-11-20-14-16)12-17-15(2)3/h15,17H,6-14H2,1-5H3. The molecule has 0 radical (unpaired) electrons. The third kappa shape index (κ3) is 6.53. The van der Waals surface area contributed by atoms with Crippen molar-refractivity contribution >= 4 is 0 Å². The van der Waals surface area contributed by atoms with Crippen molar-refractivity contribution < 1.29 is 4.74 Å². The number of ether oxygens (including phenoxy) is 1. The molecule has 0 aromatic heterocycles. The van der Waals surface area contributed by atoms with Crippen LogP contribution in [0.3, 0.4) is 0 Å². The van der Waals surface area contributed by atoms with Gasteiger partial charge in [0.15, 0.2) is 0 Å². The Balaban J connectivity index is 2.45. The van der Waals surface area contributed by atoms with Gasteiger partial charge in [-0.25, -0.2) is 0 Å². The highest BCUT2D eigenvalue weighted by molar-refractivity contribution is 4.89. The van der Waals surface area contributed by atoms with E-state index in [-0.39, 0.29) is 0 Å². The van der Waals surface area contributed by atoms with Gasteiger partial charge in [-0.15, -0.1) is 0 Å². The third-order valence-electron chi connectivity index (χ3n) is 4.16. The average molecular weight is 285 g/mol. The molecular formula is C16H35N3O. The fourth-order valence-corrected chi connectivity index (χ4v) is 2.82. The van der Waals surface area contributed by atoms with Crippen molar-refractivity contribution in [3.05, 3.63) is 0 Å². The first-order valence-electron chi connectivity index (χ1n) is 8.15. The van der Waals surface area contributed by atoms with Crippen LogP contribution in [-0.4, -0.2) is 75.9 Å². The smallest absolute Gasteiger partial charge is 0.0547 e. The predicted molar refractivity (Wildman–Crippen MR) is 86.3 cm³/mol. The van der Waals surface area contributed by atoms with E-state index < -0.39 is 0 Å². The van der Waals surface area contributed by atoms with E-state index in [0.29, 0.717) is 11.5 Å². The normalized spacial score (nSPS) is 23.4. The predicted octanol–water partition coefficient (Wildman–Crippen LogP) is 1.66. The minimum Gasteiger partial charge on any atom is -0.381 e. The molecule has 1 heterocycles. The van der Waals surface area contributed by atoms with Gasteiger partial charge in [0.25, 0.3) is 0 Å². The molecule has 1 aliphatic rings. The van der Waals surface area contributed by atoms with E-state index in [1.165, 1.54) is 25.9 Å². The molecule has 0 bridgehead atoms. The lowest BCUT2D eigenvalue weighted by atomic mass is 9.86. The summed E-state index contributed by atoms with van der Waals surface area (Å²) in [5.74, 6) is 0. The van der Waals surface area contributed by atoms with Gasteiger partial charge in [0.05, 0.1) is 6.61 Å². The molecule has 1 unspecified atom stereocenters. The molecule has 4 nitrogen and oxygen atoms in total. The Kier molecular flexibility index (Phi) is 8.03. The van der Waals surface area contributed by atoms with E-state index in [9.17, 15) is 0 Å². The molecule has 0 amide bonds. The first-order valence-corrected chi connectivity index (χ1v) is 8.15.